The molecule has 1 rings (SSSR count). The van der Waals surface area contributed by atoms with E-state index in [9.17, 15) is 12.8 Å². The normalized spacial score (nSPS) is 12.3. The first-order valence-corrected chi connectivity index (χ1v) is 7.79. The maximum atomic E-state index is 13.7. The predicted molar refractivity (Wildman–Crippen MR) is 85.3 cm³/mol. The first-order chi connectivity index (χ1) is 9.09. The Bertz CT molecular complexity index is 562. The standard InChI is InChI=1S/C12H19ClFN3O2S.ClH/c1-12(2,8-15)16-20(18,19)17(3)7-9-10(13)5-4-6-11(9)14;/h4-6,16H,7-8,15H2,1-3H3;1H. The van der Waals surface area contributed by atoms with Crippen LogP contribution in [0.25, 0.3) is 0 Å². The Morgan fingerprint density at radius 1 is 1.43 bits per heavy atom. The molecule has 0 heterocycles. The Morgan fingerprint density at radius 3 is 2.48 bits per heavy atom. The fraction of sp³-hybridized carbons (Fsp3) is 0.500. The van der Waals surface area contributed by atoms with Gasteiger partial charge in [-0.2, -0.15) is 17.4 Å². The first-order valence-electron chi connectivity index (χ1n) is 5.97. The number of benzene rings is 1. The molecule has 5 nitrogen and oxygen atoms in total. The lowest BCUT2D eigenvalue weighted by molar-refractivity contribution is 0.405. The number of nitrogens with zero attached hydrogens (tertiary/aromatic N) is 1. The largest absolute Gasteiger partial charge is 0.329 e. The maximum Gasteiger partial charge on any atom is 0.280 e. The SMILES string of the molecule is CN(Cc1c(F)cccc1Cl)S(=O)(=O)NC(C)(C)CN.Cl. The van der Waals surface area contributed by atoms with Crippen molar-refractivity contribution < 1.29 is 12.8 Å². The van der Waals surface area contributed by atoms with Gasteiger partial charge in [0.05, 0.1) is 0 Å². The molecule has 21 heavy (non-hydrogen) atoms. The number of hydrogen-bond donors (Lipinski definition) is 2. The minimum Gasteiger partial charge on any atom is -0.329 e. The van der Waals surface area contributed by atoms with Crippen molar-refractivity contribution in [1.82, 2.24) is 9.03 Å². The zero-order chi connectivity index (χ0) is 15.6. The fourth-order valence-corrected chi connectivity index (χ4v) is 2.92. The molecule has 0 unspecified atom stereocenters. The molecule has 9 heteroatoms. The van der Waals surface area contributed by atoms with Gasteiger partial charge in [-0.05, 0) is 26.0 Å². The number of hydrogen-bond acceptors (Lipinski definition) is 3. The molecular weight excluding hydrogens is 340 g/mol. The highest BCUT2D eigenvalue weighted by Gasteiger charge is 2.27. The van der Waals surface area contributed by atoms with Gasteiger partial charge in [-0.3, -0.25) is 0 Å². The maximum absolute atomic E-state index is 13.7. The summed E-state index contributed by atoms with van der Waals surface area (Å²) >= 11 is 5.88. The third-order valence-corrected chi connectivity index (χ3v) is 4.88. The number of rotatable bonds is 6. The van der Waals surface area contributed by atoms with E-state index in [-0.39, 0.29) is 36.1 Å². The molecular formula is C12H20Cl2FN3O2S. The van der Waals surface area contributed by atoms with E-state index in [0.717, 1.165) is 4.31 Å². The average Bonchev–Trinajstić information content (AvgIpc) is 2.32. The molecule has 0 bridgehead atoms. The van der Waals surface area contributed by atoms with Crippen LogP contribution in [0.5, 0.6) is 0 Å². The van der Waals surface area contributed by atoms with Crippen molar-refractivity contribution in [1.29, 1.82) is 0 Å². The van der Waals surface area contributed by atoms with Crippen molar-refractivity contribution in [3.63, 3.8) is 0 Å². The highest BCUT2D eigenvalue weighted by molar-refractivity contribution is 7.87. The molecule has 0 spiro atoms. The minimum atomic E-state index is -3.78. The molecule has 0 saturated heterocycles. The molecule has 0 atom stereocenters. The van der Waals surface area contributed by atoms with E-state index >= 15 is 0 Å². The number of nitrogens with two attached hydrogens (primary N) is 1. The molecule has 0 aromatic heterocycles. The van der Waals surface area contributed by atoms with Crippen molar-refractivity contribution in [3.8, 4) is 0 Å². The van der Waals surface area contributed by atoms with Gasteiger partial charge in [-0.15, -0.1) is 12.4 Å². The van der Waals surface area contributed by atoms with Crippen molar-refractivity contribution in [2.45, 2.75) is 25.9 Å². The lowest BCUT2D eigenvalue weighted by atomic mass is 10.1. The van der Waals surface area contributed by atoms with Crippen molar-refractivity contribution in [2.24, 2.45) is 5.73 Å². The molecule has 0 fully saturated rings. The zero-order valence-electron chi connectivity index (χ0n) is 12.1. The highest BCUT2D eigenvalue weighted by atomic mass is 35.5. The molecule has 0 aliphatic rings. The van der Waals surface area contributed by atoms with Crippen molar-refractivity contribution >= 4 is 34.2 Å². The second-order valence-electron chi connectivity index (χ2n) is 5.15. The molecule has 0 aliphatic carbocycles. The van der Waals surface area contributed by atoms with E-state index in [2.05, 4.69) is 4.72 Å². The number of nitrogens with one attached hydrogen (secondary N) is 1. The second kappa shape index (κ2) is 7.71. The summed E-state index contributed by atoms with van der Waals surface area (Å²) < 4.78 is 41.4. The van der Waals surface area contributed by atoms with Crippen molar-refractivity contribution in [3.05, 3.63) is 34.6 Å². The van der Waals surface area contributed by atoms with E-state index in [4.69, 9.17) is 17.3 Å². The van der Waals surface area contributed by atoms with E-state index in [1.807, 2.05) is 0 Å². The van der Waals surface area contributed by atoms with Gasteiger partial charge >= 0.3 is 0 Å². The van der Waals surface area contributed by atoms with Crippen LogP contribution in [0.3, 0.4) is 0 Å². The first kappa shape index (κ1) is 20.6. The van der Waals surface area contributed by atoms with E-state index in [1.54, 1.807) is 13.8 Å². The lowest BCUT2D eigenvalue weighted by Crippen LogP contribution is -2.52. The van der Waals surface area contributed by atoms with E-state index < -0.39 is 21.6 Å². The zero-order valence-corrected chi connectivity index (χ0v) is 14.4. The van der Waals surface area contributed by atoms with Gasteiger partial charge < -0.3 is 5.73 Å². The lowest BCUT2D eigenvalue weighted by Gasteiger charge is -2.27. The molecule has 0 radical (unpaired) electrons. The van der Waals surface area contributed by atoms with Gasteiger partial charge in [0.2, 0.25) is 0 Å². The molecule has 0 saturated carbocycles. The molecule has 122 valence electrons. The monoisotopic (exact) mass is 359 g/mol. The third-order valence-electron chi connectivity index (χ3n) is 2.77. The van der Waals surface area contributed by atoms with Gasteiger partial charge in [-0.25, -0.2) is 4.39 Å². The van der Waals surface area contributed by atoms with Crippen LogP contribution in [0.2, 0.25) is 5.02 Å². The Labute approximate surface area is 136 Å². The quantitative estimate of drug-likeness (QED) is 0.814. The summed E-state index contributed by atoms with van der Waals surface area (Å²) in [6, 6.07) is 4.21. The summed E-state index contributed by atoms with van der Waals surface area (Å²) in [5.41, 5.74) is 4.83. The Kier molecular flexibility index (Phi) is 7.55. The Balaban J connectivity index is 0.00000400. The van der Waals surface area contributed by atoms with Gasteiger partial charge in [0, 0.05) is 36.3 Å². The van der Waals surface area contributed by atoms with Gasteiger partial charge in [0.15, 0.2) is 0 Å². The Hall–Kier alpha value is -0.440. The van der Waals surface area contributed by atoms with Gasteiger partial charge in [0.25, 0.3) is 10.2 Å². The predicted octanol–water partition coefficient (Wildman–Crippen LogP) is 1.90. The fourth-order valence-electron chi connectivity index (χ4n) is 1.46. The van der Waals surface area contributed by atoms with Crippen molar-refractivity contribution in [2.75, 3.05) is 13.6 Å². The molecule has 1 aromatic rings. The summed E-state index contributed by atoms with van der Waals surface area (Å²) in [5.74, 6) is -0.544. The van der Waals surface area contributed by atoms with Crippen LogP contribution in [-0.4, -0.2) is 31.9 Å². The summed E-state index contributed by atoms with van der Waals surface area (Å²) in [6.45, 7) is 3.30. The molecule has 1 aromatic carbocycles. The topological polar surface area (TPSA) is 75.4 Å². The minimum absolute atomic E-state index is 0. The molecule has 0 aliphatic heterocycles. The van der Waals surface area contributed by atoms with Crippen LogP contribution >= 0.6 is 24.0 Å². The van der Waals surface area contributed by atoms with E-state index in [0.29, 0.717) is 0 Å². The van der Waals surface area contributed by atoms with Crippen LogP contribution in [0.4, 0.5) is 4.39 Å². The van der Waals surface area contributed by atoms with Crippen LogP contribution in [0.1, 0.15) is 19.4 Å². The summed E-state index contributed by atoms with van der Waals surface area (Å²) in [5, 5.41) is 0.185. The van der Waals surface area contributed by atoms with Crippen LogP contribution in [0, 0.1) is 5.82 Å². The van der Waals surface area contributed by atoms with E-state index in [1.165, 1.54) is 25.2 Å². The highest BCUT2D eigenvalue weighted by Crippen LogP contribution is 2.21. The summed E-state index contributed by atoms with van der Waals surface area (Å²) in [7, 11) is -2.44. The van der Waals surface area contributed by atoms with Crippen LogP contribution in [0.15, 0.2) is 18.2 Å². The Morgan fingerprint density at radius 2 is 2.00 bits per heavy atom. The van der Waals surface area contributed by atoms with Crippen LogP contribution in [-0.2, 0) is 16.8 Å². The third kappa shape index (κ3) is 5.69. The smallest absolute Gasteiger partial charge is 0.280 e. The molecule has 0 amide bonds. The molecule has 3 N–H and O–H groups in total. The van der Waals surface area contributed by atoms with Gasteiger partial charge in [-0.1, -0.05) is 17.7 Å². The van der Waals surface area contributed by atoms with Gasteiger partial charge in [0.1, 0.15) is 5.82 Å². The number of halogens is 3. The average molecular weight is 360 g/mol. The van der Waals surface area contributed by atoms with Crippen LogP contribution < -0.4 is 10.5 Å². The summed E-state index contributed by atoms with van der Waals surface area (Å²) in [6.07, 6.45) is 0. The summed E-state index contributed by atoms with van der Waals surface area (Å²) in [4.78, 5) is 0. The second-order valence-corrected chi connectivity index (χ2v) is 7.34.